The van der Waals surface area contributed by atoms with E-state index in [2.05, 4.69) is 9.97 Å². The molecule has 1 aliphatic rings. The number of alkyl halides is 3. The van der Waals surface area contributed by atoms with Gasteiger partial charge in [-0.05, 0) is 62.6 Å². The Morgan fingerprint density at radius 1 is 1.16 bits per heavy atom. The van der Waals surface area contributed by atoms with Gasteiger partial charge < -0.3 is 10.6 Å². The molecule has 2 aromatic heterocycles. The van der Waals surface area contributed by atoms with Crippen LogP contribution in [0.2, 0.25) is 0 Å². The highest BCUT2D eigenvalue weighted by Gasteiger charge is 2.41. The summed E-state index contributed by atoms with van der Waals surface area (Å²) < 4.78 is 67.7. The van der Waals surface area contributed by atoms with Crippen LogP contribution in [0.1, 0.15) is 43.1 Å². The first-order chi connectivity index (χ1) is 17.2. The molecule has 196 valence electrons. The summed E-state index contributed by atoms with van der Waals surface area (Å²) in [7, 11) is -4.36. The fraction of sp³-hybridized carbons (Fsp3) is 0.320. The van der Waals surface area contributed by atoms with Crippen molar-refractivity contribution >= 4 is 27.6 Å². The highest BCUT2D eigenvalue weighted by atomic mass is 32.2. The number of hydrogen-bond donors (Lipinski definition) is 2. The Morgan fingerprint density at radius 2 is 1.89 bits per heavy atom. The molecule has 1 aromatic carbocycles. The number of pyridine rings is 2. The molecule has 1 aliphatic heterocycles. The van der Waals surface area contributed by atoms with Crippen LogP contribution < -0.4 is 15.4 Å². The van der Waals surface area contributed by atoms with Gasteiger partial charge in [0, 0.05) is 23.8 Å². The molecule has 4 rings (SSSR count). The Balaban J connectivity index is 1.80. The molecule has 0 spiro atoms. The second-order valence-corrected chi connectivity index (χ2v) is 11.1. The summed E-state index contributed by atoms with van der Waals surface area (Å²) in [6.07, 6.45) is -2.43. The van der Waals surface area contributed by atoms with Crippen molar-refractivity contribution in [1.29, 1.82) is 0 Å². The number of anilines is 2. The zero-order valence-electron chi connectivity index (χ0n) is 20.4. The van der Waals surface area contributed by atoms with Gasteiger partial charge in [-0.25, -0.2) is 23.1 Å². The maximum Gasteiger partial charge on any atom is 0.416 e. The molecule has 1 atom stereocenters. The summed E-state index contributed by atoms with van der Waals surface area (Å²) in [5, 5.41) is 0. The second-order valence-electron chi connectivity index (χ2n) is 9.46. The molecule has 0 radical (unpaired) electrons. The number of nitrogens with one attached hydrogen (secondary N) is 1. The molecule has 1 amide bonds. The predicted octanol–water partition coefficient (Wildman–Crippen LogP) is 4.49. The average Bonchev–Trinajstić information content (AvgIpc) is 3.10. The van der Waals surface area contributed by atoms with Gasteiger partial charge in [-0.15, -0.1) is 0 Å². The van der Waals surface area contributed by atoms with Crippen molar-refractivity contribution in [1.82, 2.24) is 14.7 Å². The minimum Gasteiger partial charge on any atom is -0.383 e. The van der Waals surface area contributed by atoms with Crippen LogP contribution in [0.25, 0.3) is 11.3 Å². The lowest BCUT2D eigenvalue weighted by Gasteiger charge is -2.36. The number of sulfonamides is 1. The molecule has 12 heteroatoms. The monoisotopic (exact) mass is 533 g/mol. The SMILES string of the molecule is CC1CCN(c2nc(-c3cccc(C(F)(F)F)c3)ccc2C(=O)NS(=O)(=O)c2cccnc2N)C1(C)C. The summed E-state index contributed by atoms with van der Waals surface area (Å²) in [4.78, 5) is 23.1. The standard InChI is InChI=1S/C25H26F3N5O3S/c1-15-11-13-33(24(15,2)3)22-18(23(34)32-37(35,36)20-8-5-12-30-21(20)29)9-10-19(31-22)16-6-4-7-17(14-16)25(26,27)28/h4-10,12,14-15H,11,13H2,1-3H3,(H2,29,30)(H,32,34). The summed E-state index contributed by atoms with van der Waals surface area (Å²) in [5.74, 6) is -0.829. The normalized spacial score (nSPS) is 17.6. The van der Waals surface area contributed by atoms with E-state index < -0.39 is 33.2 Å². The second kappa shape index (κ2) is 9.33. The van der Waals surface area contributed by atoms with Crippen molar-refractivity contribution in [3.05, 3.63) is 65.9 Å². The van der Waals surface area contributed by atoms with Gasteiger partial charge in [0.25, 0.3) is 15.9 Å². The number of nitrogens with zero attached hydrogens (tertiary/aromatic N) is 3. The molecule has 8 nitrogen and oxygen atoms in total. The van der Waals surface area contributed by atoms with Crippen LogP contribution in [0, 0.1) is 5.92 Å². The number of halogens is 3. The zero-order chi connectivity index (χ0) is 27.2. The smallest absolute Gasteiger partial charge is 0.383 e. The third kappa shape index (κ3) is 5.10. The van der Waals surface area contributed by atoms with Crippen molar-refractivity contribution in [2.75, 3.05) is 17.2 Å². The number of carbonyl (C=O) groups excluding carboxylic acids is 1. The largest absolute Gasteiger partial charge is 0.416 e. The van der Waals surface area contributed by atoms with Gasteiger partial charge in [-0.3, -0.25) is 4.79 Å². The average molecular weight is 534 g/mol. The number of hydrogen-bond acceptors (Lipinski definition) is 7. The molecule has 0 bridgehead atoms. The summed E-state index contributed by atoms with van der Waals surface area (Å²) in [6, 6.07) is 10.1. The molecule has 3 aromatic rings. The van der Waals surface area contributed by atoms with Crippen molar-refractivity contribution in [3.63, 3.8) is 0 Å². The van der Waals surface area contributed by atoms with E-state index in [0.717, 1.165) is 18.6 Å². The van der Waals surface area contributed by atoms with E-state index in [0.29, 0.717) is 6.54 Å². The first-order valence-corrected chi connectivity index (χ1v) is 12.9. The molecule has 0 saturated carbocycles. The third-order valence-electron chi connectivity index (χ3n) is 6.86. The molecule has 1 unspecified atom stereocenters. The number of benzene rings is 1. The highest BCUT2D eigenvalue weighted by molar-refractivity contribution is 7.90. The lowest BCUT2D eigenvalue weighted by Crippen LogP contribution is -2.43. The van der Waals surface area contributed by atoms with E-state index in [1.165, 1.54) is 42.6 Å². The maximum atomic E-state index is 13.3. The van der Waals surface area contributed by atoms with Crippen molar-refractivity contribution in [2.45, 2.75) is 43.8 Å². The lowest BCUT2D eigenvalue weighted by molar-refractivity contribution is -0.137. The minimum absolute atomic E-state index is 0.0380. The van der Waals surface area contributed by atoms with E-state index >= 15 is 0 Å². The van der Waals surface area contributed by atoms with Crippen LogP contribution in [0.15, 0.2) is 59.6 Å². The van der Waals surface area contributed by atoms with Crippen molar-refractivity contribution in [2.24, 2.45) is 5.92 Å². The van der Waals surface area contributed by atoms with Crippen LogP contribution in [-0.2, 0) is 16.2 Å². The first kappa shape index (κ1) is 26.4. The summed E-state index contributed by atoms with van der Waals surface area (Å²) in [5.41, 5.74) is 4.79. The van der Waals surface area contributed by atoms with E-state index in [1.54, 1.807) is 0 Å². The Kier molecular flexibility index (Phi) is 6.65. The van der Waals surface area contributed by atoms with E-state index in [-0.39, 0.29) is 39.3 Å². The quantitative estimate of drug-likeness (QED) is 0.496. The fourth-order valence-electron chi connectivity index (χ4n) is 4.32. The van der Waals surface area contributed by atoms with Gasteiger partial charge in [-0.1, -0.05) is 19.1 Å². The van der Waals surface area contributed by atoms with Gasteiger partial charge in [0.05, 0.1) is 16.8 Å². The third-order valence-corrected chi connectivity index (χ3v) is 8.24. The van der Waals surface area contributed by atoms with Gasteiger partial charge >= 0.3 is 6.18 Å². The van der Waals surface area contributed by atoms with Crippen LogP contribution in [0.5, 0.6) is 0 Å². The minimum atomic E-state index is -4.53. The maximum absolute atomic E-state index is 13.3. The molecular weight excluding hydrogens is 507 g/mol. The van der Waals surface area contributed by atoms with Crippen LogP contribution in [-0.4, -0.2) is 36.4 Å². The van der Waals surface area contributed by atoms with E-state index in [9.17, 15) is 26.4 Å². The Bertz CT molecular complexity index is 1460. The molecule has 3 heterocycles. The lowest BCUT2D eigenvalue weighted by atomic mass is 9.90. The molecule has 0 aliphatic carbocycles. The fourth-order valence-corrected chi connectivity index (χ4v) is 5.37. The van der Waals surface area contributed by atoms with Crippen molar-refractivity contribution in [3.8, 4) is 11.3 Å². The first-order valence-electron chi connectivity index (χ1n) is 11.5. The van der Waals surface area contributed by atoms with Crippen LogP contribution in [0.4, 0.5) is 24.8 Å². The number of nitrogen functional groups attached to an aromatic ring is 1. The van der Waals surface area contributed by atoms with E-state index in [4.69, 9.17) is 5.73 Å². The summed E-state index contributed by atoms with van der Waals surface area (Å²) >= 11 is 0. The van der Waals surface area contributed by atoms with Gasteiger partial charge in [0.1, 0.15) is 16.5 Å². The Hall–Kier alpha value is -3.67. The molecule has 37 heavy (non-hydrogen) atoms. The van der Waals surface area contributed by atoms with Gasteiger partial charge in [0.2, 0.25) is 0 Å². The number of amides is 1. The van der Waals surface area contributed by atoms with Crippen LogP contribution >= 0.6 is 0 Å². The van der Waals surface area contributed by atoms with Crippen LogP contribution in [0.3, 0.4) is 0 Å². The predicted molar refractivity (Wildman–Crippen MR) is 133 cm³/mol. The molecule has 1 fully saturated rings. The number of rotatable bonds is 5. The number of aromatic nitrogens is 2. The Morgan fingerprint density at radius 3 is 2.51 bits per heavy atom. The number of nitrogens with two attached hydrogens (primary N) is 1. The summed E-state index contributed by atoms with van der Waals surface area (Å²) in [6.45, 7) is 6.51. The van der Waals surface area contributed by atoms with E-state index in [1.807, 2.05) is 30.4 Å². The van der Waals surface area contributed by atoms with Gasteiger partial charge in [0.15, 0.2) is 0 Å². The highest BCUT2D eigenvalue weighted by Crippen LogP contribution is 2.40. The molecular formula is C25H26F3N5O3S. The van der Waals surface area contributed by atoms with Crippen molar-refractivity contribution < 1.29 is 26.4 Å². The Labute approximate surface area is 212 Å². The molecule has 1 saturated heterocycles. The molecule has 3 N–H and O–H groups in total. The zero-order valence-corrected chi connectivity index (χ0v) is 21.2. The van der Waals surface area contributed by atoms with Gasteiger partial charge in [-0.2, -0.15) is 13.2 Å². The topological polar surface area (TPSA) is 118 Å². The number of carbonyl (C=O) groups is 1.